The predicted octanol–water partition coefficient (Wildman–Crippen LogP) is -0.591. The highest BCUT2D eigenvalue weighted by molar-refractivity contribution is 6.01. The number of carboxylic acids is 1. The van der Waals surface area contributed by atoms with Gasteiger partial charge in [-0.15, -0.1) is 0 Å². The molecule has 19 heavy (non-hydrogen) atoms. The summed E-state index contributed by atoms with van der Waals surface area (Å²) in [5.41, 5.74) is 0. The molecule has 7 nitrogen and oxygen atoms in total. The summed E-state index contributed by atoms with van der Waals surface area (Å²) in [5, 5.41) is 13.6. The minimum atomic E-state index is -0.878. The normalized spacial score (nSPS) is 30.8. The fourth-order valence-corrected chi connectivity index (χ4v) is 2.56. The molecule has 3 N–H and O–H groups in total. The molecule has 0 aromatic carbocycles. The van der Waals surface area contributed by atoms with Crippen molar-refractivity contribution in [2.75, 3.05) is 0 Å². The third-order valence-corrected chi connectivity index (χ3v) is 3.71. The Labute approximate surface area is 109 Å². The van der Waals surface area contributed by atoms with E-state index >= 15 is 0 Å². The lowest BCUT2D eigenvalue weighted by Crippen LogP contribution is -2.53. The summed E-state index contributed by atoms with van der Waals surface area (Å²) in [5.74, 6) is -2.82. The number of carboxylic acid groups (broad SMARTS) is 1. The van der Waals surface area contributed by atoms with Gasteiger partial charge in [0.2, 0.25) is 17.7 Å². The van der Waals surface area contributed by atoms with Gasteiger partial charge in [0.05, 0.1) is 5.92 Å². The largest absolute Gasteiger partial charge is 0.481 e. The summed E-state index contributed by atoms with van der Waals surface area (Å²) in [4.78, 5) is 45.2. The number of carbonyl (C=O) groups excluding carboxylic acids is 3. The highest BCUT2D eigenvalue weighted by Crippen LogP contribution is 2.31. The van der Waals surface area contributed by atoms with Crippen LogP contribution >= 0.6 is 0 Å². The number of carbonyl (C=O) groups is 4. The Bertz CT molecular complexity index is 434. The van der Waals surface area contributed by atoms with E-state index in [9.17, 15) is 19.2 Å². The molecule has 1 unspecified atom stereocenters. The van der Waals surface area contributed by atoms with E-state index in [1.165, 1.54) is 0 Å². The molecule has 0 spiro atoms. The first-order valence-corrected chi connectivity index (χ1v) is 6.34. The summed E-state index contributed by atoms with van der Waals surface area (Å²) in [6.07, 6.45) is 1.83. The smallest absolute Gasteiger partial charge is 0.306 e. The topological polar surface area (TPSA) is 113 Å². The second-order valence-electron chi connectivity index (χ2n) is 5.06. The maximum Gasteiger partial charge on any atom is 0.306 e. The highest BCUT2D eigenvalue weighted by Gasteiger charge is 2.36. The minimum absolute atomic E-state index is 0.207. The van der Waals surface area contributed by atoms with Crippen LogP contribution in [0.1, 0.15) is 32.1 Å². The number of nitrogens with one attached hydrogen (secondary N) is 2. The molecule has 2 fully saturated rings. The number of hydrogen-bond donors (Lipinski definition) is 3. The monoisotopic (exact) mass is 268 g/mol. The average Bonchev–Trinajstić information content (AvgIpc) is 2.82. The molecular formula is C12H16N2O5. The van der Waals surface area contributed by atoms with Crippen LogP contribution in [0.3, 0.4) is 0 Å². The van der Waals surface area contributed by atoms with E-state index in [0.717, 1.165) is 0 Å². The van der Waals surface area contributed by atoms with Crippen molar-refractivity contribution in [1.82, 2.24) is 10.6 Å². The molecule has 0 radical (unpaired) electrons. The standard InChI is InChI=1S/C12H16N2O5/c15-9-4-3-8(11(17)14-9)13-10(16)6-1-2-7(5-6)12(18)19/h6-8H,1-5H2,(H,13,16)(H,18,19)(H,14,15,17)/t6-,7+,8?/m1/s1. The van der Waals surface area contributed by atoms with Gasteiger partial charge in [-0.2, -0.15) is 0 Å². The Kier molecular flexibility index (Phi) is 3.82. The quantitative estimate of drug-likeness (QED) is 0.592. The molecule has 1 heterocycles. The van der Waals surface area contributed by atoms with E-state index in [4.69, 9.17) is 5.11 Å². The van der Waals surface area contributed by atoms with Gasteiger partial charge < -0.3 is 10.4 Å². The van der Waals surface area contributed by atoms with Gasteiger partial charge in [0, 0.05) is 12.3 Å². The lowest BCUT2D eigenvalue weighted by Gasteiger charge is -2.23. The summed E-state index contributed by atoms with van der Waals surface area (Å²) < 4.78 is 0. The Balaban J connectivity index is 1.86. The molecule has 1 saturated carbocycles. The Hall–Kier alpha value is -1.92. The maximum absolute atomic E-state index is 11.9. The zero-order valence-electron chi connectivity index (χ0n) is 10.3. The van der Waals surface area contributed by atoms with Gasteiger partial charge in [-0.25, -0.2) is 0 Å². The Morgan fingerprint density at radius 2 is 1.84 bits per heavy atom. The van der Waals surface area contributed by atoms with Gasteiger partial charge in [0.25, 0.3) is 0 Å². The molecule has 3 amide bonds. The first kappa shape index (κ1) is 13.5. The highest BCUT2D eigenvalue weighted by atomic mass is 16.4. The number of rotatable bonds is 3. The van der Waals surface area contributed by atoms with Crippen molar-refractivity contribution in [2.24, 2.45) is 11.8 Å². The van der Waals surface area contributed by atoms with E-state index in [-0.39, 0.29) is 24.2 Å². The molecule has 0 aromatic rings. The fourth-order valence-electron chi connectivity index (χ4n) is 2.56. The van der Waals surface area contributed by atoms with Gasteiger partial charge in [-0.05, 0) is 25.7 Å². The van der Waals surface area contributed by atoms with Crippen LogP contribution in [0.2, 0.25) is 0 Å². The predicted molar refractivity (Wildman–Crippen MR) is 62.8 cm³/mol. The van der Waals surface area contributed by atoms with Gasteiger partial charge in [0.15, 0.2) is 0 Å². The second kappa shape index (κ2) is 5.38. The lowest BCUT2D eigenvalue weighted by molar-refractivity contribution is -0.142. The van der Waals surface area contributed by atoms with Crippen molar-refractivity contribution in [1.29, 1.82) is 0 Å². The van der Waals surface area contributed by atoms with Crippen molar-refractivity contribution in [2.45, 2.75) is 38.1 Å². The van der Waals surface area contributed by atoms with Crippen LogP contribution in [0.5, 0.6) is 0 Å². The molecular weight excluding hydrogens is 252 g/mol. The van der Waals surface area contributed by atoms with Crippen molar-refractivity contribution < 1.29 is 24.3 Å². The van der Waals surface area contributed by atoms with Gasteiger partial charge in [-0.3, -0.25) is 24.5 Å². The van der Waals surface area contributed by atoms with Gasteiger partial charge in [0.1, 0.15) is 6.04 Å². The molecule has 1 aliphatic heterocycles. The molecule has 104 valence electrons. The number of amides is 3. The van der Waals surface area contributed by atoms with Crippen LogP contribution in [0.25, 0.3) is 0 Å². The first-order chi connectivity index (χ1) is 8.97. The fraction of sp³-hybridized carbons (Fsp3) is 0.667. The van der Waals surface area contributed by atoms with E-state index < -0.39 is 23.8 Å². The third-order valence-electron chi connectivity index (χ3n) is 3.71. The summed E-state index contributed by atoms with van der Waals surface area (Å²) in [6, 6.07) is -0.686. The molecule has 0 aromatic heterocycles. The van der Waals surface area contributed by atoms with E-state index in [1.54, 1.807) is 0 Å². The van der Waals surface area contributed by atoms with Crippen LogP contribution in [0.15, 0.2) is 0 Å². The van der Waals surface area contributed by atoms with Gasteiger partial charge in [-0.1, -0.05) is 0 Å². The molecule has 1 saturated heterocycles. The second-order valence-corrected chi connectivity index (χ2v) is 5.06. The SMILES string of the molecule is O=C1CCC(NC(=O)[C@@H]2CC[C@H](C(=O)O)C2)C(=O)N1. The Morgan fingerprint density at radius 3 is 2.42 bits per heavy atom. The molecule has 2 rings (SSSR count). The van der Waals surface area contributed by atoms with Crippen LogP contribution < -0.4 is 10.6 Å². The van der Waals surface area contributed by atoms with Crippen molar-refractivity contribution in [3.8, 4) is 0 Å². The van der Waals surface area contributed by atoms with E-state index in [1.807, 2.05) is 0 Å². The molecule has 7 heteroatoms. The first-order valence-electron chi connectivity index (χ1n) is 6.34. The average molecular weight is 268 g/mol. The number of aliphatic carboxylic acids is 1. The van der Waals surface area contributed by atoms with Gasteiger partial charge >= 0.3 is 5.97 Å². The zero-order valence-corrected chi connectivity index (χ0v) is 10.3. The van der Waals surface area contributed by atoms with Crippen LogP contribution in [-0.4, -0.2) is 34.8 Å². The molecule has 0 bridgehead atoms. The van der Waals surface area contributed by atoms with Crippen LogP contribution in [0, 0.1) is 11.8 Å². The summed E-state index contributed by atoms with van der Waals surface area (Å²) >= 11 is 0. The Morgan fingerprint density at radius 1 is 1.16 bits per heavy atom. The van der Waals surface area contributed by atoms with Crippen LogP contribution in [0.4, 0.5) is 0 Å². The van der Waals surface area contributed by atoms with Crippen molar-refractivity contribution in [3.05, 3.63) is 0 Å². The third kappa shape index (κ3) is 3.10. The maximum atomic E-state index is 11.9. The van der Waals surface area contributed by atoms with Crippen molar-refractivity contribution >= 4 is 23.7 Å². The summed E-state index contributed by atoms with van der Waals surface area (Å²) in [6.45, 7) is 0. The minimum Gasteiger partial charge on any atom is -0.481 e. The molecule has 1 aliphatic carbocycles. The van der Waals surface area contributed by atoms with E-state index in [2.05, 4.69) is 10.6 Å². The zero-order chi connectivity index (χ0) is 14.0. The molecule has 2 aliphatic rings. The summed E-state index contributed by atoms with van der Waals surface area (Å²) in [7, 11) is 0. The van der Waals surface area contributed by atoms with Crippen molar-refractivity contribution in [3.63, 3.8) is 0 Å². The number of piperidine rings is 1. The van der Waals surface area contributed by atoms with E-state index in [0.29, 0.717) is 25.7 Å². The number of imide groups is 1. The van der Waals surface area contributed by atoms with Crippen LogP contribution in [-0.2, 0) is 19.2 Å². The molecule has 3 atom stereocenters. The lowest BCUT2D eigenvalue weighted by atomic mass is 10.0. The number of hydrogen-bond acceptors (Lipinski definition) is 4.